The molecule has 108 valence electrons. The van der Waals surface area contributed by atoms with Gasteiger partial charge < -0.3 is 10.4 Å². The number of thioether (sulfide) groups is 1. The zero-order valence-corrected chi connectivity index (χ0v) is 12.3. The van der Waals surface area contributed by atoms with E-state index in [-0.39, 0.29) is 23.2 Å². The first-order valence-electron chi connectivity index (χ1n) is 5.94. The second kappa shape index (κ2) is 7.10. The number of carbonyl (C=O) groups is 2. The van der Waals surface area contributed by atoms with Gasteiger partial charge in [-0.1, -0.05) is 29.8 Å². The number of halogens is 1. The Morgan fingerprint density at radius 3 is 2.67 bits per heavy atom. The molecule has 0 radical (unpaired) electrons. The minimum atomic E-state index is -1.14. The van der Waals surface area contributed by atoms with Crippen molar-refractivity contribution in [3.8, 4) is 0 Å². The molecule has 0 saturated carbocycles. The number of pyridine rings is 1. The van der Waals surface area contributed by atoms with Crippen LogP contribution in [0.3, 0.4) is 0 Å². The van der Waals surface area contributed by atoms with E-state index < -0.39 is 5.97 Å². The average Bonchev–Trinajstić information content (AvgIpc) is 2.46. The van der Waals surface area contributed by atoms with Crippen LogP contribution in [-0.4, -0.2) is 27.7 Å². The molecule has 0 unspecified atom stereocenters. The highest BCUT2D eigenvalue weighted by Crippen LogP contribution is 2.26. The van der Waals surface area contributed by atoms with Gasteiger partial charge in [-0.25, -0.2) is 9.78 Å². The molecule has 1 aromatic heterocycles. The third kappa shape index (κ3) is 4.47. The first kappa shape index (κ1) is 15.3. The molecule has 0 aliphatic rings. The van der Waals surface area contributed by atoms with E-state index in [0.29, 0.717) is 5.02 Å². The molecule has 0 bridgehead atoms. The number of carbonyl (C=O) groups excluding carboxylic acids is 1. The van der Waals surface area contributed by atoms with Crippen molar-refractivity contribution in [1.29, 1.82) is 0 Å². The maximum absolute atomic E-state index is 11.8. The van der Waals surface area contributed by atoms with E-state index in [2.05, 4.69) is 10.3 Å². The molecule has 2 aromatic rings. The van der Waals surface area contributed by atoms with E-state index in [9.17, 15) is 9.59 Å². The first-order chi connectivity index (χ1) is 10.1. The van der Waals surface area contributed by atoms with E-state index >= 15 is 0 Å². The Balaban J connectivity index is 1.95. The van der Waals surface area contributed by atoms with Crippen molar-refractivity contribution in [1.82, 2.24) is 4.98 Å². The Morgan fingerprint density at radius 2 is 1.95 bits per heavy atom. The number of hydrogen-bond acceptors (Lipinski definition) is 4. The van der Waals surface area contributed by atoms with Crippen molar-refractivity contribution >= 4 is 41.1 Å². The van der Waals surface area contributed by atoms with Crippen LogP contribution in [-0.2, 0) is 4.79 Å². The Kier molecular flexibility index (Phi) is 5.19. The van der Waals surface area contributed by atoms with Gasteiger partial charge in [-0.15, -0.1) is 11.8 Å². The molecule has 0 fully saturated rings. The molecule has 21 heavy (non-hydrogen) atoms. The lowest BCUT2D eigenvalue weighted by Gasteiger charge is -2.06. The number of nitrogens with zero attached hydrogens (tertiary/aromatic N) is 1. The summed E-state index contributed by atoms with van der Waals surface area (Å²) in [5.74, 6) is -1.06. The van der Waals surface area contributed by atoms with Crippen molar-refractivity contribution in [2.75, 3.05) is 11.1 Å². The molecule has 7 heteroatoms. The van der Waals surface area contributed by atoms with Gasteiger partial charge in [0.25, 0.3) is 0 Å². The van der Waals surface area contributed by atoms with E-state index in [1.807, 2.05) is 18.2 Å². The number of amides is 1. The number of anilines is 1. The fourth-order valence-electron chi connectivity index (χ4n) is 1.51. The average molecular weight is 323 g/mol. The maximum atomic E-state index is 11.8. The van der Waals surface area contributed by atoms with Gasteiger partial charge in [-0.3, -0.25) is 4.79 Å². The topological polar surface area (TPSA) is 79.3 Å². The van der Waals surface area contributed by atoms with Gasteiger partial charge in [-0.2, -0.15) is 0 Å². The molecule has 0 spiro atoms. The van der Waals surface area contributed by atoms with E-state index in [4.69, 9.17) is 16.7 Å². The smallest absolute Gasteiger partial charge is 0.354 e. The van der Waals surface area contributed by atoms with Crippen molar-refractivity contribution < 1.29 is 14.7 Å². The third-order valence-electron chi connectivity index (χ3n) is 2.43. The van der Waals surface area contributed by atoms with Crippen LogP contribution in [0.5, 0.6) is 0 Å². The Labute approximate surface area is 130 Å². The van der Waals surface area contributed by atoms with Crippen molar-refractivity contribution in [2.24, 2.45) is 0 Å². The second-order valence-electron chi connectivity index (χ2n) is 3.98. The number of aromatic carboxylic acids is 1. The van der Waals surface area contributed by atoms with Crippen molar-refractivity contribution in [3.05, 3.63) is 53.2 Å². The predicted molar refractivity (Wildman–Crippen MR) is 82.0 cm³/mol. The number of hydrogen-bond donors (Lipinski definition) is 2. The molecule has 1 heterocycles. The molecule has 0 atom stereocenters. The highest BCUT2D eigenvalue weighted by atomic mass is 35.5. The summed E-state index contributed by atoms with van der Waals surface area (Å²) in [5, 5.41) is 12.0. The Hall–Kier alpha value is -2.05. The first-order valence-corrected chi connectivity index (χ1v) is 7.30. The van der Waals surface area contributed by atoms with Crippen LogP contribution in [0.25, 0.3) is 0 Å². The monoisotopic (exact) mass is 322 g/mol. The van der Waals surface area contributed by atoms with Crippen LogP contribution >= 0.6 is 23.4 Å². The molecule has 0 aliphatic heterocycles. The fourth-order valence-corrected chi connectivity index (χ4v) is 2.55. The molecular weight excluding hydrogens is 312 g/mol. The maximum Gasteiger partial charge on any atom is 0.354 e. The van der Waals surface area contributed by atoms with E-state index in [1.165, 1.54) is 30.0 Å². The predicted octanol–water partition coefficient (Wildman–Crippen LogP) is 3.16. The standard InChI is InChI=1S/C14H11ClN2O3S/c15-9-4-1-2-6-11(9)21-8-13(18)17-12-7-3-5-10(16-12)14(19)20/h1-7H,8H2,(H,19,20)(H,16,17,18). The molecule has 0 saturated heterocycles. The normalized spacial score (nSPS) is 10.1. The van der Waals surface area contributed by atoms with Gasteiger partial charge in [0, 0.05) is 4.90 Å². The number of benzene rings is 1. The SMILES string of the molecule is O=C(CSc1ccccc1Cl)Nc1cccc(C(=O)O)n1. The van der Waals surface area contributed by atoms with Gasteiger partial charge in [0.05, 0.1) is 10.8 Å². The summed E-state index contributed by atoms with van der Waals surface area (Å²) in [6, 6.07) is 11.6. The molecule has 1 aromatic carbocycles. The lowest BCUT2D eigenvalue weighted by molar-refractivity contribution is -0.113. The third-order valence-corrected chi connectivity index (χ3v) is 3.95. The zero-order valence-electron chi connectivity index (χ0n) is 10.7. The molecular formula is C14H11ClN2O3S. The lowest BCUT2D eigenvalue weighted by atomic mass is 10.3. The fraction of sp³-hybridized carbons (Fsp3) is 0.0714. The minimum absolute atomic E-state index is 0.119. The second-order valence-corrected chi connectivity index (χ2v) is 5.40. The molecule has 5 nitrogen and oxygen atoms in total. The highest BCUT2D eigenvalue weighted by Gasteiger charge is 2.09. The minimum Gasteiger partial charge on any atom is -0.477 e. The van der Waals surface area contributed by atoms with Crippen LogP contribution in [0.4, 0.5) is 5.82 Å². The van der Waals surface area contributed by atoms with Gasteiger partial charge in [0.15, 0.2) is 5.69 Å². The number of rotatable bonds is 5. The number of carboxylic acid groups (broad SMARTS) is 1. The summed E-state index contributed by atoms with van der Waals surface area (Å²) in [7, 11) is 0. The van der Waals surface area contributed by atoms with Crippen LogP contribution < -0.4 is 5.32 Å². The highest BCUT2D eigenvalue weighted by molar-refractivity contribution is 8.00. The Morgan fingerprint density at radius 1 is 1.19 bits per heavy atom. The number of nitrogens with one attached hydrogen (secondary N) is 1. The quantitative estimate of drug-likeness (QED) is 0.827. The van der Waals surface area contributed by atoms with Crippen molar-refractivity contribution in [3.63, 3.8) is 0 Å². The van der Waals surface area contributed by atoms with Gasteiger partial charge >= 0.3 is 5.97 Å². The van der Waals surface area contributed by atoms with Gasteiger partial charge in [0.2, 0.25) is 5.91 Å². The van der Waals surface area contributed by atoms with E-state index in [1.54, 1.807) is 6.07 Å². The molecule has 1 amide bonds. The van der Waals surface area contributed by atoms with Crippen LogP contribution in [0.1, 0.15) is 10.5 Å². The summed E-state index contributed by atoms with van der Waals surface area (Å²) in [5.41, 5.74) is -0.119. The number of aromatic nitrogens is 1. The molecule has 0 aliphatic carbocycles. The Bertz CT molecular complexity index is 679. The van der Waals surface area contributed by atoms with Crippen LogP contribution in [0, 0.1) is 0 Å². The number of carboxylic acids is 1. The summed E-state index contributed by atoms with van der Waals surface area (Å²) >= 11 is 7.29. The summed E-state index contributed by atoms with van der Waals surface area (Å²) in [6.45, 7) is 0. The van der Waals surface area contributed by atoms with Crippen LogP contribution in [0.2, 0.25) is 5.02 Å². The summed E-state index contributed by atoms with van der Waals surface area (Å²) in [4.78, 5) is 27.2. The van der Waals surface area contributed by atoms with E-state index in [0.717, 1.165) is 4.90 Å². The molecule has 2 rings (SSSR count). The lowest BCUT2D eigenvalue weighted by Crippen LogP contribution is -2.16. The van der Waals surface area contributed by atoms with Gasteiger partial charge in [0.1, 0.15) is 5.82 Å². The summed E-state index contributed by atoms with van der Waals surface area (Å²) < 4.78 is 0. The van der Waals surface area contributed by atoms with Gasteiger partial charge in [-0.05, 0) is 24.3 Å². The molecule has 2 N–H and O–H groups in total. The zero-order chi connectivity index (χ0) is 15.2. The largest absolute Gasteiger partial charge is 0.477 e. The summed E-state index contributed by atoms with van der Waals surface area (Å²) in [6.07, 6.45) is 0. The van der Waals surface area contributed by atoms with Crippen LogP contribution in [0.15, 0.2) is 47.4 Å². The van der Waals surface area contributed by atoms with Crippen molar-refractivity contribution in [2.45, 2.75) is 4.90 Å².